The number of fused-ring (bicyclic) bond motifs is 3. The molecule has 56 heavy (non-hydrogen) atoms. The average molecular weight is 737 g/mol. The van der Waals surface area contributed by atoms with Gasteiger partial charge < -0.3 is 4.57 Å². The molecule has 7 aromatic carbocycles. The fourth-order valence-electron chi connectivity index (χ4n) is 7.89. The van der Waals surface area contributed by atoms with Crippen LogP contribution in [0.2, 0.25) is 0 Å². The van der Waals surface area contributed by atoms with E-state index in [0.717, 1.165) is 67.4 Å². The molecule has 0 unspecified atom stereocenters. The molecule has 0 fully saturated rings. The van der Waals surface area contributed by atoms with Crippen LogP contribution in [0.1, 0.15) is 22.3 Å². The predicted octanol–water partition coefficient (Wildman–Crippen LogP) is 13.2. The summed E-state index contributed by atoms with van der Waals surface area (Å²) < 4.78 is 43.1. The fourth-order valence-corrected chi connectivity index (χ4v) is 7.89. The molecule has 9 rings (SSSR count). The van der Waals surface area contributed by atoms with Crippen molar-refractivity contribution in [3.05, 3.63) is 180 Å². The second-order valence-electron chi connectivity index (χ2n) is 14.2. The largest absolute Gasteiger partial charge is 0.416 e. The third-order valence-corrected chi connectivity index (χ3v) is 10.4. The van der Waals surface area contributed by atoms with Gasteiger partial charge >= 0.3 is 6.18 Å². The number of hydrogen-bond donors (Lipinski definition) is 0. The summed E-state index contributed by atoms with van der Waals surface area (Å²) in [5.41, 5.74) is 11.8. The molecule has 0 N–H and O–H groups in total. The first-order valence-electron chi connectivity index (χ1n) is 18.4. The Morgan fingerprint density at radius 3 is 1.61 bits per heavy atom. The van der Waals surface area contributed by atoms with Crippen molar-refractivity contribution in [1.82, 2.24) is 19.5 Å². The van der Waals surface area contributed by atoms with E-state index < -0.39 is 11.7 Å². The van der Waals surface area contributed by atoms with Crippen LogP contribution in [0.4, 0.5) is 13.2 Å². The summed E-state index contributed by atoms with van der Waals surface area (Å²) in [4.78, 5) is 15.1. The number of rotatable bonds is 6. The van der Waals surface area contributed by atoms with E-state index in [4.69, 9.17) is 15.0 Å². The molecule has 272 valence electrons. The van der Waals surface area contributed by atoms with Crippen molar-refractivity contribution >= 4 is 21.8 Å². The van der Waals surface area contributed by atoms with Crippen LogP contribution >= 0.6 is 0 Å². The molecule has 0 saturated heterocycles. The lowest BCUT2D eigenvalue weighted by Crippen LogP contribution is -2.05. The van der Waals surface area contributed by atoms with E-state index in [-0.39, 0.29) is 0 Å². The van der Waals surface area contributed by atoms with E-state index in [2.05, 4.69) is 67.8 Å². The maximum Gasteiger partial charge on any atom is 0.416 e. The molecule has 0 aliphatic rings. The minimum atomic E-state index is -4.44. The van der Waals surface area contributed by atoms with Gasteiger partial charge in [0.2, 0.25) is 0 Å². The lowest BCUT2D eigenvalue weighted by Gasteiger charge is -2.17. The number of nitrogens with zero attached hydrogens (tertiary/aromatic N) is 4. The first-order chi connectivity index (χ1) is 27.1. The maximum absolute atomic E-state index is 13.6. The number of aromatic nitrogens is 4. The minimum Gasteiger partial charge on any atom is -0.308 e. The molecule has 0 saturated carbocycles. The number of para-hydroxylation sites is 1. The van der Waals surface area contributed by atoms with Crippen LogP contribution in [-0.2, 0) is 6.18 Å². The number of aryl methyl sites for hydroxylation is 3. The van der Waals surface area contributed by atoms with Crippen molar-refractivity contribution in [2.45, 2.75) is 26.9 Å². The van der Waals surface area contributed by atoms with Gasteiger partial charge in [-0.3, -0.25) is 0 Å². The Hall–Kier alpha value is -6.86. The van der Waals surface area contributed by atoms with Gasteiger partial charge in [0.15, 0.2) is 17.5 Å². The molecular weight excluding hydrogens is 702 g/mol. The Balaban J connectivity index is 1.35. The van der Waals surface area contributed by atoms with Crippen LogP contribution in [0.15, 0.2) is 158 Å². The van der Waals surface area contributed by atoms with Crippen LogP contribution < -0.4 is 0 Å². The molecule has 2 aromatic heterocycles. The van der Waals surface area contributed by atoms with Gasteiger partial charge in [-0.15, -0.1) is 0 Å². The van der Waals surface area contributed by atoms with E-state index in [9.17, 15) is 13.2 Å². The van der Waals surface area contributed by atoms with Crippen LogP contribution in [0, 0.1) is 20.8 Å². The first kappa shape index (κ1) is 34.9. The zero-order chi connectivity index (χ0) is 38.6. The monoisotopic (exact) mass is 736 g/mol. The van der Waals surface area contributed by atoms with Gasteiger partial charge in [-0.25, -0.2) is 15.0 Å². The summed E-state index contributed by atoms with van der Waals surface area (Å²) in [7, 11) is 0. The fraction of sp³-hybridized carbons (Fsp3) is 0.0816. The number of benzene rings is 7. The van der Waals surface area contributed by atoms with Crippen molar-refractivity contribution in [3.8, 4) is 62.1 Å². The summed E-state index contributed by atoms with van der Waals surface area (Å²) in [6.45, 7) is 6.41. The predicted molar refractivity (Wildman–Crippen MR) is 221 cm³/mol. The van der Waals surface area contributed by atoms with Crippen molar-refractivity contribution < 1.29 is 13.2 Å². The second kappa shape index (κ2) is 13.8. The third-order valence-electron chi connectivity index (χ3n) is 10.4. The Bertz CT molecular complexity index is 2830. The van der Waals surface area contributed by atoms with Crippen molar-refractivity contribution in [2.24, 2.45) is 0 Å². The molecule has 0 amide bonds. The Labute approximate surface area is 322 Å². The van der Waals surface area contributed by atoms with Crippen molar-refractivity contribution in [1.29, 1.82) is 0 Å². The molecular formula is C49H35F3N4. The van der Waals surface area contributed by atoms with Gasteiger partial charge in [-0.1, -0.05) is 127 Å². The third kappa shape index (κ3) is 6.31. The maximum atomic E-state index is 13.6. The standard InChI is InChI=1S/C49H35F3N4/c1-30-26-31(2)45(32(3)27-30)37-21-24-40-39-16-10-11-17-42(39)56(43(40)29-37)44-28-36(33-18-22-38(23-19-33)49(50,51)52)20-25-41(44)48-54-46(34-12-6-4-7-13-34)53-47(55-48)35-14-8-5-9-15-35/h4-29H,1-3H3. The van der Waals surface area contributed by atoms with Crippen LogP contribution in [0.5, 0.6) is 0 Å². The van der Waals surface area contributed by atoms with E-state index in [1.807, 2.05) is 91.0 Å². The molecule has 2 heterocycles. The molecule has 4 nitrogen and oxygen atoms in total. The van der Waals surface area contributed by atoms with Crippen LogP contribution in [0.25, 0.3) is 83.9 Å². The van der Waals surface area contributed by atoms with E-state index >= 15 is 0 Å². The Morgan fingerprint density at radius 2 is 0.982 bits per heavy atom. The topological polar surface area (TPSA) is 43.6 Å². The summed E-state index contributed by atoms with van der Waals surface area (Å²) in [6.07, 6.45) is -4.44. The highest BCUT2D eigenvalue weighted by atomic mass is 19.4. The molecule has 0 atom stereocenters. The molecule has 7 heteroatoms. The SMILES string of the molecule is Cc1cc(C)c(-c2ccc3c4ccccc4n(-c4cc(-c5ccc(C(F)(F)F)cc5)ccc4-c4nc(-c5ccccc5)nc(-c5ccccc5)n4)c3c2)c(C)c1. The zero-order valence-electron chi connectivity index (χ0n) is 30.9. The summed E-state index contributed by atoms with van der Waals surface area (Å²) in [5.74, 6) is 1.53. The Morgan fingerprint density at radius 1 is 0.446 bits per heavy atom. The first-order valence-corrected chi connectivity index (χ1v) is 18.4. The van der Waals surface area contributed by atoms with Gasteiger partial charge in [0.25, 0.3) is 0 Å². The second-order valence-corrected chi connectivity index (χ2v) is 14.2. The van der Waals surface area contributed by atoms with Gasteiger partial charge in [0.1, 0.15) is 0 Å². The zero-order valence-corrected chi connectivity index (χ0v) is 30.9. The van der Waals surface area contributed by atoms with Crippen LogP contribution in [-0.4, -0.2) is 19.5 Å². The molecule has 0 aliphatic heterocycles. The van der Waals surface area contributed by atoms with Crippen LogP contribution in [0.3, 0.4) is 0 Å². The number of hydrogen-bond acceptors (Lipinski definition) is 3. The quantitative estimate of drug-likeness (QED) is 0.171. The van der Waals surface area contributed by atoms with Crippen molar-refractivity contribution in [3.63, 3.8) is 0 Å². The molecule has 0 aliphatic carbocycles. The molecule has 0 radical (unpaired) electrons. The number of alkyl halides is 3. The van der Waals surface area contributed by atoms with Gasteiger partial charge in [0.05, 0.1) is 22.3 Å². The van der Waals surface area contributed by atoms with Gasteiger partial charge in [-0.2, -0.15) is 13.2 Å². The average Bonchev–Trinajstić information content (AvgIpc) is 3.54. The Kier molecular flexibility index (Phi) is 8.58. The lowest BCUT2D eigenvalue weighted by molar-refractivity contribution is -0.137. The van der Waals surface area contributed by atoms with Gasteiger partial charge in [-0.05, 0) is 90.6 Å². The number of halogens is 3. The summed E-state index contributed by atoms with van der Waals surface area (Å²) in [5, 5.41) is 2.14. The summed E-state index contributed by atoms with van der Waals surface area (Å²) >= 11 is 0. The highest BCUT2D eigenvalue weighted by Gasteiger charge is 2.30. The normalized spacial score (nSPS) is 11.8. The lowest BCUT2D eigenvalue weighted by atomic mass is 9.93. The molecule has 0 spiro atoms. The van der Waals surface area contributed by atoms with E-state index in [0.29, 0.717) is 23.0 Å². The highest BCUT2D eigenvalue weighted by Crippen LogP contribution is 2.41. The van der Waals surface area contributed by atoms with Gasteiger partial charge in [0, 0.05) is 27.5 Å². The molecule has 0 bridgehead atoms. The van der Waals surface area contributed by atoms with E-state index in [1.165, 1.54) is 34.4 Å². The van der Waals surface area contributed by atoms with Crippen molar-refractivity contribution in [2.75, 3.05) is 0 Å². The molecule has 9 aromatic rings. The van der Waals surface area contributed by atoms with E-state index in [1.54, 1.807) is 0 Å². The minimum absolute atomic E-state index is 0.471. The highest BCUT2D eigenvalue weighted by molar-refractivity contribution is 6.11. The smallest absolute Gasteiger partial charge is 0.308 e. The summed E-state index contributed by atoms with van der Waals surface area (Å²) in [6, 6.07) is 50.2.